The quantitative estimate of drug-likeness (QED) is 0.675. The summed E-state index contributed by atoms with van der Waals surface area (Å²) >= 11 is 0. The normalized spacial score (nSPS) is 28.2. The molecule has 3 heteroatoms. The van der Waals surface area contributed by atoms with Crippen LogP contribution in [0.1, 0.15) is 26.7 Å². The maximum absolute atomic E-state index is 5.50. The van der Waals surface area contributed by atoms with Gasteiger partial charge in [0.25, 0.3) is 0 Å². The average molecular weight is 214 g/mol. The molecule has 0 saturated carbocycles. The molecule has 1 fully saturated rings. The predicted molar refractivity (Wildman–Crippen MR) is 64.2 cm³/mol. The summed E-state index contributed by atoms with van der Waals surface area (Å²) in [5, 5.41) is 3.36. The Bertz CT molecular complexity index is 164. The molecule has 15 heavy (non-hydrogen) atoms. The largest absolute Gasteiger partial charge is 0.380 e. The Kier molecular flexibility index (Phi) is 6.22. The zero-order chi connectivity index (χ0) is 11.1. The highest BCUT2D eigenvalue weighted by atomic mass is 16.5. The third-order valence-corrected chi connectivity index (χ3v) is 3.35. The van der Waals surface area contributed by atoms with Crippen molar-refractivity contribution in [3.8, 4) is 0 Å². The third-order valence-electron chi connectivity index (χ3n) is 3.35. The van der Waals surface area contributed by atoms with Crippen molar-refractivity contribution in [3.63, 3.8) is 0 Å². The third kappa shape index (κ3) is 4.49. The van der Waals surface area contributed by atoms with Crippen molar-refractivity contribution in [2.45, 2.75) is 32.8 Å². The zero-order valence-corrected chi connectivity index (χ0v) is 10.5. The van der Waals surface area contributed by atoms with E-state index in [4.69, 9.17) is 4.74 Å². The van der Waals surface area contributed by atoms with Crippen molar-refractivity contribution in [3.05, 3.63) is 0 Å². The van der Waals surface area contributed by atoms with E-state index in [1.54, 1.807) is 0 Å². The second kappa shape index (κ2) is 7.20. The molecule has 0 radical (unpaired) electrons. The van der Waals surface area contributed by atoms with Gasteiger partial charge in [-0.1, -0.05) is 13.8 Å². The summed E-state index contributed by atoms with van der Waals surface area (Å²) in [6.07, 6.45) is 2.97. The van der Waals surface area contributed by atoms with Crippen molar-refractivity contribution in [2.75, 3.05) is 39.8 Å². The van der Waals surface area contributed by atoms with Crippen LogP contribution in [0.15, 0.2) is 0 Å². The van der Waals surface area contributed by atoms with Crippen LogP contribution in [-0.4, -0.2) is 50.8 Å². The number of nitrogens with zero attached hydrogens (tertiary/aromatic N) is 1. The van der Waals surface area contributed by atoms with Crippen molar-refractivity contribution in [1.29, 1.82) is 0 Å². The molecule has 0 aromatic carbocycles. The molecule has 1 heterocycles. The average Bonchev–Trinajstić information content (AvgIpc) is 2.26. The van der Waals surface area contributed by atoms with Gasteiger partial charge in [-0.15, -0.1) is 0 Å². The molecule has 0 aromatic rings. The van der Waals surface area contributed by atoms with Crippen LogP contribution in [0.2, 0.25) is 0 Å². The highest BCUT2D eigenvalue weighted by Crippen LogP contribution is 2.19. The molecule has 1 N–H and O–H groups in total. The topological polar surface area (TPSA) is 24.5 Å². The number of ether oxygens (including phenoxy) is 1. The van der Waals surface area contributed by atoms with E-state index in [0.29, 0.717) is 6.10 Å². The molecule has 0 spiro atoms. The minimum absolute atomic E-state index is 0.442. The summed E-state index contributed by atoms with van der Waals surface area (Å²) in [5.74, 6) is 0.722. The number of nitrogens with one attached hydrogen (secondary N) is 1. The summed E-state index contributed by atoms with van der Waals surface area (Å²) in [4.78, 5) is 2.53. The SMILES string of the molecule is CCNCCCN1CCC(C)C(OC)C1. The van der Waals surface area contributed by atoms with Crippen LogP contribution in [0.3, 0.4) is 0 Å². The standard InChI is InChI=1S/C12H26N2O/c1-4-13-7-5-8-14-9-6-11(2)12(10-14)15-3/h11-13H,4-10H2,1-3H3. The van der Waals surface area contributed by atoms with Crippen LogP contribution < -0.4 is 5.32 Å². The molecule has 3 nitrogen and oxygen atoms in total. The lowest BCUT2D eigenvalue weighted by molar-refractivity contribution is -0.00504. The molecule has 0 amide bonds. The first-order chi connectivity index (χ1) is 7.27. The summed E-state index contributed by atoms with van der Waals surface area (Å²) in [5.41, 5.74) is 0. The molecule has 1 aliphatic heterocycles. The molecule has 0 aromatic heterocycles. The Hall–Kier alpha value is -0.120. The van der Waals surface area contributed by atoms with Crippen molar-refractivity contribution >= 4 is 0 Å². The van der Waals surface area contributed by atoms with Crippen molar-refractivity contribution in [1.82, 2.24) is 10.2 Å². The Balaban J connectivity index is 2.14. The minimum Gasteiger partial charge on any atom is -0.380 e. The Morgan fingerprint density at radius 2 is 2.27 bits per heavy atom. The monoisotopic (exact) mass is 214 g/mol. The minimum atomic E-state index is 0.442. The highest BCUT2D eigenvalue weighted by molar-refractivity contribution is 4.78. The molecule has 1 rings (SSSR count). The van der Waals surface area contributed by atoms with Crippen LogP contribution in [0.5, 0.6) is 0 Å². The van der Waals surface area contributed by atoms with Crippen LogP contribution in [0.4, 0.5) is 0 Å². The lowest BCUT2D eigenvalue weighted by atomic mass is 9.96. The predicted octanol–water partition coefficient (Wildman–Crippen LogP) is 1.34. The van der Waals surface area contributed by atoms with E-state index < -0.39 is 0 Å². The van der Waals surface area contributed by atoms with Gasteiger partial charge >= 0.3 is 0 Å². The van der Waals surface area contributed by atoms with Crippen LogP contribution in [0.25, 0.3) is 0 Å². The summed E-state index contributed by atoms with van der Waals surface area (Å²) in [6.45, 7) is 10.2. The Morgan fingerprint density at radius 1 is 1.47 bits per heavy atom. The molecular formula is C12H26N2O. The van der Waals surface area contributed by atoms with E-state index >= 15 is 0 Å². The van der Waals surface area contributed by atoms with Gasteiger partial charge in [-0.05, 0) is 44.9 Å². The maximum Gasteiger partial charge on any atom is 0.0724 e. The second-order valence-corrected chi connectivity index (χ2v) is 4.55. The van der Waals surface area contributed by atoms with Gasteiger partial charge in [0.2, 0.25) is 0 Å². The van der Waals surface area contributed by atoms with Crippen LogP contribution in [-0.2, 0) is 4.74 Å². The molecule has 0 aliphatic carbocycles. The Morgan fingerprint density at radius 3 is 2.93 bits per heavy atom. The van der Waals surface area contributed by atoms with E-state index in [9.17, 15) is 0 Å². The second-order valence-electron chi connectivity index (χ2n) is 4.55. The van der Waals surface area contributed by atoms with Gasteiger partial charge in [-0.2, -0.15) is 0 Å². The number of piperidine rings is 1. The number of hydrogen-bond acceptors (Lipinski definition) is 3. The molecule has 1 aliphatic rings. The molecular weight excluding hydrogens is 188 g/mol. The fraction of sp³-hybridized carbons (Fsp3) is 1.00. The van der Waals surface area contributed by atoms with E-state index in [1.165, 1.54) is 25.9 Å². The number of likely N-dealkylation sites (tertiary alicyclic amines) is 1. The summed E-state index contributed by atoms with van der Waals surface area (Å²) in [6, 6.07) is 0. The summed E-state index contributed by atoms with van der Waals surface area (Å²) in [7, 11) is 1.84. The van der Waals surface area contributed by atoms with Crippen LogP contribution in [0, 0.1) is 5.92 Å². The van der Waals surface area contributed by atoms with E-state index in [-0.39, 0.29) is 0 Å². The van der Waals surface area contributed by atoms with E-state index in [0.717, 1.165) is 25.6 Å². The highest BCUT2D eigenvalue weighted by Gasteiger charge is 2.25. The van der Waals surface area contributed by atoms with Gasteiger partial charge < -0.3 is 15.0 Å². The van der Waals surface area contributed by atoms with Gasteiger partial charge in [-0.3, -0.25) is 0 Å². The molecule has 90 valence electrons. The lowest BCUT2D eigenvalue weighted by Crippen LogP contribution is -2.44. The number of methoxy groups -OCH3 is 1. The number of rotatable bonds is 6. The van der Waals surface area contributed by atoms with E-state index in [2.05, 4.69) is 24.1 Å². The number of hydrogen-bond donors (Lipinski definition) is 1. The van der Waals surface area contributed by atoms with Crippen molar-refractivity contribution < 1.29 is 4.74 Å². The first-order valence-electron chi connectivity index (χ1n) is 6.23. The van der Waals surface area contributed by atoms with Crippen LogP contribution >= 0.6 is 0 Å². The van der Waals surface area contributed by atoms with Gasteiger partial charge in [0.15, 0.2) is 0 Å². The fourth-order valence-electron chi connectivity index (χ4n) is 2.21. The van der Waals surface area contributed by atoms with Gasteiger partial charge in [0.05, 0.1) is 6.10 Å². The summed E-state index contributed by atoms with van der Waals surface area (Å²) < 4.78 is 5.50. The first-order valence-corrected chi connectivity index (χ1v) is 6.23. The fourth-order valence-corrected chi connectivity index (χ4v) is 2.21. The molecule has 2 unspecified atom stereocenters. The molecule has 2 atom stereocenters. The maximum atomic E-state index is 5.50. The Labute approximate surface area is 94.2 Å². The van der Waals surface area contributed by atoms with Crippen molar-refractivity contribution in [2.24, 2.45) is 5.92 Å². The first kappa shape index (κ1) is 12.9. The molecule has 1 saturated heterocycles. The van der Waals surface area contributed by atoms with Gasteiger partial charge in [-0.25, -0.2) is 0 Å². The lowest BCUT2D eigenvalue weighted by Gasteiger charge is -2.36. The van der Waals surface area contributed by atoms with E-state index in [1.807, 2.05) is 7.11 Å². The zero-order valence-electron chi connectivity index (χ0n) is 10.5. The molecule has 0 bridgehead atoms. The van der Waals surface area contributed by atoms with Gasteiger partial charge in [0.1, 0.15) is 0 Å². The van der Waals surface area contributed by atoms with Gasteiger partial charge in [0, 0.05) is 13.7 Å². The smallest absolute Gasteiger partial charge is 0.0724 e.